The molecule has 0 N–H and O–H groups in total. The van der Waals surface area contributed by atoms with Gasteiger partial charge in [0.05, 0.1) is 20.8 Å². The fraction of sp³-hybridized carbons (Fsp3) is 0.522. The van der Waals surface area contributed by atoms with E-state index in [2.05, 4.69) is 16.0 Å². The van der Waals surface area contributed by atoms with Gasteiger partial charge in [-0.1, -0.05) is 18.6 Å². The van der Waals surface area contributed by atoms with Gasteiger partial charge in [-0.2, -0.15) is 0 Å². The van der Waals surface area contributed by atoms with Gasteiger partial charge >= 0.3 is 0 Å². The molecule has 1 fully saturated rings. The summed E-state index contributed by atoms with van der Waals surface area (Å²) in [5.41, 5.74) is 1.36. The molecule has 1 aromatic carbocycles. The van der Waals surface area contributed by atoms with Gasteiger partial charge in [-0.3, -0.25) is 9.88 Å². The van der Waals surface area contributed by atoms with Gasteiger partial charge in [0.15, 0.2) is 11.5 Å². The summed E-state index contributed by atoms with van der Waals surface area (Å²) in [5.74, 6) is 2.12. The average Bonchev–Trinajstić information content (AvgIpc) is 2.76. The van der Waals surface area contributed by atoms with Gasteiger partial charge in [0.1, 0.15) is 0 Å². The van der Waals surface area contributed by atoms with E-state index < -0.39 is 0 Å². The first-order valence-electron chi connectivity index (χ1n) is 10.3. The van der Waals surface area contributed by atoms with Gasteiger partial charge in [-0.15, -0.1) is 0 Å². The van der Waals surface area contributed by atoms with Crippen molar-refractivity contribution in [2.24, 2.45) is 0 Å². The predicted octanol–water partition coefficient (Wildman–Crippen LogP) is 4.88. The molecule has 2 aromatic rings. The van der Waals surface area contributed by atoms with Crippen LogP contribution in [0.1, 0.15) is 50.1 Å². The topological polar surface area (TPSA) is 43.8 Å². The minimum atomic E-state index is 0.525. The molecule has 0 bridgehead atoms. The highest BCUT2D eigenvalue weighted by atomic mass is 16.5. The first kappa shape index (κ1) is 20.5. The Hall–Kier alpha value is -2.27. The largest absolute Gasteiger partial charge is 0.493 e. The van der Waals surface area contributed by atoms with Crippen molar-refractivity contribution in [3.8, 4) is 17.2 Å². The van der Waals surface area contributed by atoms with Crippen molar-refractivity contribution in [3.63, 3.8) is 0 Å². The lowest BCUT2D eigenvalue weighted by Gasteiger charge is -2.36. The summed E-state index contributed by atoms with van der Waals surface area (Å²) >= 11 is 0. The van der Waals surface area contributed by atoms with Crippen LogP contribution >= 0.6 is 0 Å². The molecule has 5 heteroatoms. The number of benzene rings is 1. The zero-order valence-electron chi connectivity index (χ0n) is 17.1. The highest BCUT2D eigenvalue weighted by molar-refractivity contribution is 5.51. The number of aromatic nitrogens is 1. The Bertz CT molecular complexity index is 686. The molecule has 0 unspecified atom stereocenters. The van der Waals surface area contributed by atoms with E-state index in [0.717, 1.165) is 19.4 Å². The number of ether oxygens (including phenoxy) is 3. The van der Waals surface area contributed by atoms with Crippen LogP contribution < -0.4 is 14.2 Å². The summed E-state index contributed by atoms with van der Waals surface area (Å²) in [5, 5.41) is 0. The molecule has 0 radical (unpaired) electrons. The number of likely N-dealkylation sites (tertiary alicyclic amines) is 1. The molecule has 1 atom stereocenters. The van der Waals surface area contributed by atoms with E-state index in [0.29, 0.717) is 29.9 Å². The maximum atomic E-state index is 5.96. The van der Waals surface area contributed by atoms with Crippen molar-refractivity contribution >= 4 is 0 Å². The molecule has 28 heavy (non-hydrogen) atoms. The van der Waals surface area contributed by atoms with Crippen molar-refractivity contribution in [3.05, 3.63) is 48.3 Å². The summed E-state index contributed by atoms with van der Waals surface area (Å²) in [4.78, 5) is 6.94. The van der Waals surface area contributed by atoms with Crippen LogP contribution in [0.2, 0.25) is 0 Å². The van der Waals surface area contributed by atoms with E-state index in [-0.39, 0.29) is 0 Å². The third kappa shape index (κ3) is 5.38. The number of pyridine rings is 1. The van der Waals surface area contributed by atoms with Crippen molar-refractivity contribution in [1.82, 2.24) is 9.88 Å². The molecule has 2 heterocycles. The van der Waals surface area contributed by atoms with Crippen molar-refractivity contribution in [2.45, 2.75) is 44.6 Å². The number of hydrogen-bond acceptors (Lipinski definition) is 5. The molecule has 0 saturated carbocycles. The number of piperidine rings is 1. The van der Waals surface area contributed by atoms with Crippen LogP contribution in [0.4, 0.5) is 0 Å². The van der Waals surface area contributed by atoms with Crippen LogP contribution in [0, 0.1) is 0 Å². The van der Waals surface area contributed by atoms with Crippen LogP contribution in [-0.2, 0) is 0 Å². The summed E-state index contributed by atoms with van der Waals surface area (Å²) < 4.78 is 16.7. The number of nitrogens with zero attached hydrogens (tertiary/aromatic N) is 2. The second-order valence-corrected chi connectivity index (χ2v) is 7.23. The van der Waals surface area contributed by atoms with Crippen LogP contribution in [0.25, 0.3) is 0 Å². The first-order valence-corrected chi connectivity index (χ1v) is 10.3. The lowest BCUT2D eigenvalue weighted by molar-refractivity contribution is 0.144. The second kappa shape index (κ2) is 10.9. The molecule has 1 aliphatic heterocycles. The highest BCUT2D eigenvalue weighted by Gasteiger charge is 2.23. The Labute approximate surface area is 168 Å². The third-order valence-corrected chi connectivity index (χ3v) is 5.40. The van der Waals surface area contributed by atoms with Crippen molar-refractivity contribution < 1.29 is 14.2 Å². The van der Waals surface area contributed by atoms with E-state index in [9.17, 15) is 0 Å². The van der Waals surface area contributed by atoms with Crippen molar-refractivity contribution in [1.29, 1.82) is 0 Å². The molecule has 1 aromatic heterocycles. The molecule has 152 valence electrons. The molecular weight excluding hydrogens is 352 g/mol. The van der Waals surface area contributed by atoms with E-state index in [1.807, 2.05) is 36.7 Å². The molecule has 5 nitrogen and oxygen atoms in total. The minimum Gasteiger partial charge on any atom is -0.493 e. The van der Waals surface area contributed by atoms with Gasteiger partial charge in [-0.05, 0) is 69.0 Å². The summed E-state index contributed by atoms with van der Waals surface area (Å²) in [6.07, 6.45) is 11.1. The molecule has 0 aliphatic carbocycles. The minimum absolute atomic E-state index is 0.525. The first-order chi connectivity index (χ1) is 13.8. The number of methoxy groups -OCH3 is 2. The Morgan fingerprint density at radius 3 is 2.54 bits per heavy atom. The van der Waals surface area contributed by atoms with Gasteiger partial charge < -0.3 is 14.2 Å². The van der Waals surface area contributed by atoms with Crippen molar-refractivity contribution in [2.75, 3.05) is 33.9 Å². The fourth-order valence-corrected chi connectivity index (χ4v) is 3.94. The standard InChI is InChI=1S/C23H32N2O3/c1-26-21-12-8-13-22(27-2)23(21)28-17-7-3-5-15-25-16-6-4-11-20(25)19-10-9-14-24-18-19/h8-10,12-14,18,20H,3-7,11,15-17H2,1-2H3/t20-/m0/s1. The van der Waals surface area contributed by atoms with Gasteiger partial charge in [0.25, 0.3) is 0 Å². The van der Waals surface area contributed by atoms with Crippen LogP contribution in [0.15, 0.2) is 42.7 Å². The average molecular weight is 385 g/mol. The molecule has 1 aliphatic rings. The van der Waals surface area contributed by atoms with Gasteiger partial charge in [-0.25, -0.2) is 0 Å². The quantitative estimate of drug-likeness (QED) is 0.547. The Morgan fingerprint density at radius 1 is 1.00 bits per heavy atom. The fourth-order valence-electron chi connectivity index (χ4n) is 3.94. The number of hydrogen-bond donors (Lipinski definition) is 0. The van der Waals surface area contributed by atoms with Crippen LogP contribution in [0.5, 0.6) is 17.2 Å². The normalized spacial score (nSPS) is 17.3. The lowest BCUT2D eigenvalue weighted by atomic mass is 9.96. The molecule has 0 spiro atoms. The number of para-hydroxylation sites is 1. The Morgan fingerprint density at radius 2 is 1.82 bits per heavy atom. The van der Waals surface area contributed by atoms with E-state index in [4.69, 9.17) is 14.2 Å². The molecule has 0 amide bonds. The van der Waals surface area contributed by atoms with E-state index >= 15 is 0 Å². The highest BCUT2D eigenvalue weighted by Crippen LogP contribution is 2.37. The zero-order chi connectivity index (χ0) is 19.6. The molecular formula is C23H32N2O3. The number of rotatable bonds is 10. The number of unbranched alkanes of at least 4 members (excludes halogenated alkanes) is 2. The Balaban J connectivity index is 1.42. The summed E-state index contributed by atoms with van der Waals surface area (Å²) in [7, 11) is 3.30. The maximum Gasteiger partial charge on any atom is 0.203 e. The SMILES string of the molecule is COc1cccc(OC)c1OCCCCCN1CCCC[C@H]1c1cccnc1. The maximum absolute atomic E-state index is 5.96. The predicted molar refractivity (Wildman–Crippen MR) is 111 cm³/mol. The molecule has 3 rings (SSSR count). The third-order valence-electron chi connectivity index (χ3n) is 5.40. The van der Waals surface area contributed by atoms with Crippen LogP contribution in [0.3, 0.4) is 0 Å². The molecule has 1 saturated heterocycles. The zero-order valence-corrected chi connectivity index (χ0v) is 17.1. The van der Waals surface area contributed by atoms with Gasteiger partial charge in [0.2, 0.25) is 5.75 Å². The smallest absolute Gasteiger partial charge is 0.203 e. The van der Waals surface area contributed by atoms with Crippen LogP contribution in [-0.4, -0.2) is 43.8 Å². The van der Waals surface area contributed by atoms with E-state index in [1.165, 1.54) is 37.8 Å². The lowest BCUT2D eigenvalue weighted by Crippen LogP contribution is -2.34. The summed E-state index contributed by atoms with van der Waals surface area (Å²) in [6.45, 7) is 2.99. The summed E-state index contributed by atoms with van der Waals surface area (Å²) in [6, 6.07) is 10.5. The second-order valence-electron chi connectivity index (χ2n) is 7.23. The monoisotopic (exact) mass is 384 g/mol. The van der Waals surface area contributed by atoms with E-state index in [1.54, 1.807) is 14.2 Å². The van der Waals surface area contributed by atoms with Gasteiger partial charge in [0, 0.05) is 18.4 Å². The Kier molecular flexibility index (Phi) is 7.97.